The van der Waals surface area contributed by atoms with Crippen molar-refractivity contribution in [3.8, 4) is 11.1 Å². The zero-order valence-corrected chi connectivity index (χ0v) is 14.6. The fourth-order valence-electron chi connectivity index (χ4n) is 3.61. The molecule has 0 aliphatic carbocycles. The highest BCUT2D eigenvalue weighted by molar-refractivity contribution is 5.95. The van der Waals surface area contributed by atoms with Gasteiger partial charge in [-0.05, 0) is 31.0 Å². The van der Waals surface area contributed by atoms with E-state index in [0.29, 0.717) is 13.1 Å². The molecule has 0 atom stereocenters. The van der Waals surface area contributed by atoms with E-state index in [1.807, 2.05) is 28.2 Å². The summed E-state index contributed by atoms with van der Waals surface area (Å²) in [5, 5.41) is 5.50. The van der Waals surface area contributed by atoms with Crippen molar-refractivity contribution < 1.29 is 13.9 Å². The number of fused-ring (bicyclic) bond motifs is 1. The molecule has 0 saturated carbocycles. The number of hydrogen-bond acceptors (Lipinski definition) is 3. The number of likely N-dealkylation sites (tertiary alicyclic amines) is 1. The Bertz CT molecular complexity index is 925. The maximum atomic E-state index is 13.4. The minimum atomic E-state index is -0.253. The van der Waals surface area contributed by atoms with E-state index in [1.165, 1.54) is 19.2 Å². The summed E-state index contributed by atoms with van der Waals surface area (Å²) >= 11 is 0. The molecule has 4 rings (SSSR count). The number of rotatable bonds is 4. The lowest BCUT2D eigenvalue weighted by Crippen LogP contribution is -2.40. The van der Waals surface area contributed by atoms with Crippen LogP contribution in [0.2, 0.25) is 0 Å². The van der Waals surface area contributed by atoms with Gasteiger partial charge in [0.05, 0.1) is 12.2 Å². The molecule has 1 N–H and O–H groups in total. The first-order valence-corrected chi connectivity index (χ1v) is 8.73. The number of hydrogen-bond donors (Lipinski definition) is 1. The monoisotopic (exact) mass is 372 g/mol. The van der Waals surface area contributed by atoms with E-state index in [1.54, 1.807) is 6.07 Å². The van der Waals surface area contributed by atoms with E-state index in [9.17, 15) is 9.18 Å². The summed E-state index contributed by atoms with van der Waals surface area (Å²) in [6.45, 7) is 1.57. The number of piperidine rings is 1. The van der Waals surface area contributed by atoms with Crippen LogP contribution in [0.1, 0.15) is 26.3 Å². The molecule has 1 aliphatic rings. The number of nitrogens with zero attached hydrogens (tertiary/aromatic N) is 3. The predicted octanol–water partition coefficient (Wildman–Crippen LogP) is 3.62. The van der Waals surface area contributed by atoms with E-state index in [2.05, 4.69) is 10.1 Å². The van der Waals surface area contributed by atoms with Crippen molar-refractivity contribution in [1.29, 1.82) is 0 Å². The van der Waals surface area contributed by atoms with E-state index in [4.69, 9.17) is 4.74 Å². The van der Waals surface area contributed by atoms with Crippen LogP contribution in [0.15, 0.2) is 36.8 Å². The van der Waals surface area contributed by atoms with Gasteiger partial charge in [-0.3, -0.25) is 9.48 Å². The summed E-state index contributed by atoms with van der Waals surface area (Å²) in [6.07, 6.45) is 7.50. The molecular weight excluding hydrogens is 347 g/mol. The summed E-state index contributed by atoms with van der Waals surface area (Å²) in [5.41, 5.74) is 2.79. The van der Waals surface area contributed by atoms with Gasteiger partial charge in [0.15, 0.2) is 0 Å². The lowest BCUT2D eigenvalue weighted by molar-refractivity contribution is -0.136. The third kappa shape index (κ3) is 3.73. The van der Waals surface area contributed by atoms with Crippen LogP contribution in [0.25, 0.3) is 22.0 Å². The van der Waals surface area contributed by atoms with E-state index < -0.39 is 0 Å². The largest absolute Gasteiger partial charge is 0.375 e. The molecule has 0 spiro atoms. The highest BCUT2D eigenvalue weighted by Gasteiger charge is 2.24. The second-order valence-electron chi connectivity index (χ2n) is 6.65. The fraction of sp³-hybridized carbons (Fsp3) is 0.400. The van der Waals surface area contributed by atoms with Crippen molar-refractivity contribution in [2.24, 2.45) is 0 Å². The van der Waals surface area contributed by atoms with Crippen molar-refractivity contribution in [2.45, 2.75) is 26.3 Å². The molecule has 0 radical (unpaired) electrons. The number of amides is 1. The number of aromatic amines is 1. The lowest BCUT2D eigenvalue weighted by Gasteiger charge is -2.32. The van der Waals surface area contributed by atoms with Gasteiger partial charge in [-0.2, -0.15) is 5.10 Å². The molecule has 7 heteroatoms. The van der Waals surface area contributed by atoms with Crippen LogP contribution >= 0.6 is 0 Å². The van der Waals surface area contributed by atoms with Gasteiger partial charge in [0, 0.05) is 54.6 Å². The van der Waals surface area contributed by atoms with Crippen molar-refractivity contribution in [3.05, 3.63) is 42.6 Å². The molecule has 1 fully saturated rings. The number of H-pyrrole nitrogens is 1. The fourth-order valence-corrected chi connectivity index (χ4v) is 3.61. The van der Waals surface area contributed by atoms with Gasteiger partial charge >= 0.3 is 0 Å². The molecule has 2 aromatic heterocycles. The maximum absolute atomic E-state index is 13.4. The van der Waals surface area contributed by atoms with Crippen LogP contribution in [-0.2, 0) is 9.53 Å². The Kier molecular flexibility index (Phi) is 5.60. The smallest absolute Gasteiger partial charge is 0.248 e. The van der Waals surface area contributed by atoms with Crippen molar-refractivity contribution in [1.82, 2.24) is 19.7 Å². The second-order valence-corrected chi connectivity index (χ2v) is 6.65. The molecule has 3 aromatic rings. The number of nitrogens with one attached hydrogen (secondary N) is 1. The Morgan fingerprint density at radius 2 is 2.15 bits per heavy atom. The highest BCUT2D eigenvalue weighted by Crippen LogP contribution is 2.30. The molecule has 1 aliphatic heterocycles. The first-order valence-electron chi connectivity index (χ1n) is 8.73. The van der Waals surface area contributed by atoms with Gasteiger partial charge < -0.3 is 14.6 Å². The normalized spacial score (nSPS) is 15.1. The minimum Gasteiger partial charge on any atom is -0.375 e. The van der Waals surface area contributed by atoms with E-state index in [0.717, 1.165) is 34.9 Å². The minimum absolute atomic E-state index is 0. The number of aromatic nitrogens is 3. The summed E-state index contributed by atoms with van der Waals surface area (Å²) in [6, 6.07) is 5.03. The van der Waals surface area contributed by atoms with E-state index >= 15 is 0 Å². The van der Waals surface area contributed by atoms with Crippen molar-refractivity contribution in [2.75, 3.05) is 26.8 Å². The van der Waals surface area contributed by atoms with E-state index in [-0.39, 0.29) is 31.8 Å². The Hall–Kier alpha value is -2.67. The van der Waals surface area contributed by atoms with Crippen LogP contribution < -0.4 is 0 Å². The summed E-state index contributed by atoms with van der Waals surface area (Å²) in [4.78, 5) is 16.9. The molecule has 144 valence electrons. The lowest BCUT2D eigenvalue weighted by atomic mass is 10.0. The Labute approximate surface area is 157 Å². The average Bonchev–Trinajstić information content (AvgIpc) is 3.28. The SMILES string of the molecule is C.COCC(=O)N1CCC(n2cc(-c3c[nH]c4cc(F)ccc34)cn2)CC1. The summed E-state index contributed by atoms with van der Waals surface area (Å²) < 4.78 is 20.3. The van der Waals surface area contributed by atoms with Crippen LogP contribution in [0.4, 0.5) is 4.39 Å². The highest BCUT2D eigenvalue weighted by atomic mass is 19.1. The van der Waals surface area contributed by atoms with Gasteiger partial charge in [0.1, 0.15) is 12.4 Å². The number of benzene rings is 1. The number of carbonyl (C=O) groups is 1. The van der Waals surface area contributed by atoms with Crippen LogP contribution in [0, 0.1) is 5.82 Å². The molecule has 0 bridgehead atoms. The number of halogens is 1. The first kappa shape index (κ1) is 19.1. The van der Waals surface area contributed by atoms with Gasteiger partial charge in [-0.15, -0.1) is 0 Å². The zero-order valence-electron chi connectivity index (χ0n) is 14.6. The Balaban J connectivity index is 0.00000210. The van der Waals surface area contributed by atoms with Crippen LogP contribution in [-0.4, -0.2) is 52.4 Å². The average molecular weight is 372 g/mol. The van der Waals surface area contributed by atoms with Gasteiger partial charge in [-0.1, -0.05) is 7.43 Å². The molecule has 27 heavy (non-hydrogen) atoms. The Morgan fingerprint density at radius 1 is 1.37 bits per heavy atom. The summed E-state index contributed by atoms with van der Waals surface area (Å²) in [7, 11) is 1.54. The third-order valence-corrected chi connectivity index (χ3v) is 5.02. The van der Waals surface area contributed by atoms with Gasteiger partial charge in [-0.25, -0.2) is 4.39 Å². The molecule has 3 heterocycles. The maximum Gasteiger partial charge on any atom is 0.248 e. The van der Waals surface area contributed by atoms with Gasteiger partial charge in [0.25, 0.3) is 0 Å². The predicted molar refractivity (Wildman–Crippen MR) is 103 cm³/mol. The van der Waals surface area contributed by atoms with Crippen LogP contribution in [0.3, 0.4) is 0 Å². The third-order valence-electron chi connectivity index (χ3n) is 5.02. The quantitative estimate of drug-likeness (QED) is 0.761. The second kappa shape index (κ2) is 7.92. The molecule has 6 nitrogen and oxygen atoms in total. The first-order chi connectivity index (χ1) is 12.7. The zero-order chi connectivity index (χ0) is 18.1. The van der Waals surface area contributed by atoms with Crippen molar-refractivity contribution >= 4 is 16.8 Å². The van der Waals surface area contributed by atoms with Crippen molar-refractivity contribution in [3.63, 3.8) is 0 Å². The summed E-state index contributed by atoms with van der Waals surface area (Å²) in [5.74, 6) is -0.213. The van der Waals surface area contributed by atoms with Gasteiger partial charge in [0.2, 0.25) is 5.91 Å². The standard InChI is InChI=1S/C19H21FN4O2.CH4/c1-26-12-19(25)23-6-4-15(5-7-23)24-11-13(9-22-24)17-10-21-18-8-14(20)2-3-16(17)18;/h2-3,8-11,15,21H,4-7,12H2,1H3;1H4. The molecule has 0 unspecified atom stereocenters. The van der Waals surface area contributed by atoms with Crippen LogP contribution in [0.5, 0.6) is 0 Å². The Morgan fingerprint density at radius 3 is 2.89 bits per heavy atom. The number of carbonyl (C=O) groups excluding carboxylic acids is 1. The molecule has 1 amide bonds. The number of ether oxygens (including phenoxy) is 1. The topological polar surface area (TPSA) is 63.1 Å². The number of methoxy groups -OCH3 is 1. The molecular formula is C20H25FN4O2. The molecule has 1 saturated heterocycles. The molecule has 1 aromatic carbocycles.